The first-order chi connectivity index (χ1) is 16.5. The highest BCUT2D eigenvalue weighted by molar-refractivity contribution is 6.31. The van der Waals surface area contributed by atoms with E-state index in [9.17, 15) is 4.79 Å². The summed E-state index contributed by atoms with van der Waals surface area (Å²) < 4.78 is 5.88. The molecule has 0 aliphatic heterocycles. The van der Waals surface area contributed by atoms with Crippen LogP contribution >= 0.6 is 11.6 Å². The molecule has 0 radical (unpaired) electrons. The maximum atomic E-state index is 13.0. The van der Waals surface area contributed by atoms with Crippen LogP contribution in [0.3, 0.4) is 0 Å². The summed E-state index contributed by atoms with van der Waals surface area (Å²) >= 11 is 6.22. The lowest BCUT2D eigenvalue weighted by atomic mass is 9.97. The average Bonchev–Trinajstić information content (AvgIpc) is 2.85. The molecule has 34 heavy (non-hydrogen) atoms. The average molecular weight is 471 g/mol. The van der Waals surface area contributed by atoms with E-state index in [1.54, 1.807) is 6.20 Å². The molecule has 0 aliphatic carbocycles. The second-order valence-electron chi connectivity index (χ2n) is 8.28. The van der Waals surface area contributed by atoms with Crippen molar-refractivity contribution in [1.29, 1.82) is 0 Å². The van der Waals surface area contributed by atoms with Gasteiger partial charge in [-0.15, -0.1) is 0 Å². The van der Waals surface area contributed by atoms with Crippen molar-refractivity contribution in [1.82, 2.24) is 10.3 Å². The second-order valence-corrected chi connectivity index (χ2v) is 8.68. The first-order valence-electron chi connectivity index (χ1n) is 11.2. The number of aryl methyl sites for hydroxylation is 2. The van der Waals surface area contributed by atoms with Gasteiger partial charge in [0.05, 0.1) is 12.5 Å². The minimum atomic E-state index is -0.255. The molecule has 1 atom stereocenters. The van der Waals surface area contributed by atoms with Crippen LogP contribution in [0.5, 0.6) is 5.75 Å². The third kappa shape index (κ3) is 6.03. The zero-order valence-electron chi connectivity index (χ0n) is 19.3. The molecule has 172 valence electrons. The van der Waals surface area contributed by atoms with E-state index in [0.29, 0.717) is 11.6 Å². The summed E-state index contributed by atoms with van der Waals surface area (Å²) in [7, 11) is 0. The quantitative estimate of drug-likeness (QED) is 0.325. The van der Waals surface area contributed by atoms with Gasteiger partial charge in [0.25, 0.3) is 0 Å². The molecule has 1 amide bonds. The Balaban J connectivity index is 1.42. The molecule has 4 aromatic rings. The first kappa shape index (κ1) is 23.5. The summed E-state index contributed by atoms with van der Waals surface area (Å²) in [6.07, 6.45) is 2.05. The van der Waals surface area contributed by atoms with E-state index in [4.69, 9.17) is 16.3 Å². The van der Waals surface area contributed by atoms with Gasteiger partial charge >= 0.3 is 0 Å². The van der Waals surface area contributed by atoms with Gasteiger partial charge in [-0.2, -0.15) is 0 Å². The predicted molar refractivity (Wildman–Crippen MR) is 136 cm³/mol. The summed E-state index contributed by atoms with van der Waals surface area (Å²) in [5.74, 6) is 0.701. The molecular formula is C29H27ClN2O2. The molecule has 0 aliphatic rings. The molecule has 1 aromatic heterocycles. The zero-order valence-corrected chi connectivity index (χ0v) is 20.0. The van der Waals surface area contributed by atoms with Gasteiger partial charge in [0.2, 0.25) is 5.91 Å². The maximum Gasteiger partial charge on any atom is 0.225 e. The predicted octanol–water partition coefficient (Wildman–Crippen LogP) is 6.38. The topological polar surface area (TPSA) is 51.2 Å². The molecular weight excluding hydrogens is 444 g/mol. The lowest BCUT2D eigenvalue weighted by Gasteiger charge is -2.21. The number of hydrogen-bond acceptors (Lipinski definition) is 3. The van der Waals surface area contributed by atoms with Crippen molar-refractivity contribution in [3.63, 3.8) is 0 Å². The number of carbonyl (C=O) groups excluding carboxylic acids is 1. The van der Waals surface area contributed by atoms with Crippen molar-refractivity contribution < 1.29 is 9.53 Å². The number of nitrogens with zero attached hydrogens (tertiary/aromatic N) is 1. The summed E-state index contributed by atoms with van der Waals surface area (Å²) in [5.41, 5.74) is 5.92. The molecule has 4 nitrogen and oxygen atoms in total. The van der Waals surface area contributed by atoms with Crippen molar-refractivity contribution in [2.75, 3.05) is 0 Å². The Morgan fingerprint density at radius 2 is 1.71 bits per heavy atom. The number of pyridine rings is 1. The summed E-state index contributed by atoms with van der Waals surface area (Å²) in [6.45, 7) is 4.39. The maximum absolute atomic E-state index is 13.0. The van der Waals surface area contributed by atoms with Crippen LogP contribution in [-0.2, 0) is 17.8 Å². The Hall–Kier alpha value is -3.63. The molecule has 5 heteroatoms. The number of aromatic nitrogens is 1. The molecule has 3 aromatic carbocycles. The van der Waals surface area contributed by atoms with Gasteiger partial charge < -0.3 is 10.1 Å². The third-order valence-electron chi connectivity index (χ3n) is 5.75. The van der Waals surface area contributed by atoms with E-state index in [1.165, 1.54) is 0 Å². The largest absolute Gasteiger partial charge is 0.489 e. The lowest BCUT2D eigenvalue weighted by Crippen LogP contribution is -2.30. The van der Waals surface area contributed by atoms with Gasteiger partial charge in [-0.25, -0.2) is 0 Å². The van der Waals surface area contributed by atoms with Crippen LogP contribution in [0.15, 0.2) is 91.1 Å². The number of carbonyl (C=O) groups is 1. The summed E-state index contributed by atoms with van der Waals surface area (Å²) in [5, 5.41) is 3.90. The molecule has 4 rings (SSSR count). The van der Waals surface area contributed by atoms with Crippen LogP contribution in [0.2, 0.25) is 5.02 Å². The minimum Gasteiger partial charge on any atom is -0.489 e. The number of rotatable bonds is 8. The van der Waals surface area contributed by atoms with E-state index < -0.39 is 0 Å². The van der Waals surface area contributed by atoms with E-state index in [1.807, 2.05) is 98.8 Å². The van der Waals surface area contributed by atoms with Crippen LogP contribution in [-0.4, -0.2) is 10.9 Å². The minimum absolute atomic E-state index is 0.0545. The Kier molecular flexibility index (Phi) is 7.61. The van der Waals surface area contributed by atoms with Crippen molar-refractivity contribution >= 4 is 17.5 Å². The molecule has 0 saturated carbocycles. The second kappa shape index (κ2) is 11.0. The number of hydrogen-bond donors (Lipinski definition) is 1. The fourth-order valence-electron chi connectivity index (χ4n) is 3.78. The van der Waals surface area contributed by atoms with Crippen molar-refractivity contribution in [2.45, 2.75) is 32.9 Å². The molecule has 1 unspecified atom stereocenters. The molecule has 0 spiro atoms. The van der Waals surface area contributed by atoms with Gasteiger partial charge in [-0.1, -0.05) is 72.3 Å². The monoisotopic (exact) mass is 470 g/mol. The summed E-state index contributed by atoms with van der Waals surface area (Å²) in [4.78, 5) is 17.3. The van der Waals surface area contributed by atoms with Crippen LogP contribution < -0.4 is 10.1 Å². The molecule has 0 fully saturated rings. The van der Waals surface area contributed by atoms with E-state index in [2.05, 4.69) is 10.3 Å². The molecule has 0 saturated heterocycles. The number of amides is 1. The number of benzene rings is 3. The highest BCUT2D eigenvalue weighted by Crippen LogP contribution is 2.26. The zero-order chi connectivity index (χ0) is 23.9. The lowest BCUT2D eigenvalue weighted by molar-refractivity contribution is -0.120. The summed E-state index contributed by atoms with van der Waals surface area (Å²) in [6, 6.07) is 27.1. The van der Waals surface area contributed by atoms with Gasteiger partial charge in [-0.3, -0.25) is 9.78 Å². The first-order valence-corrected chi connectivity index (χ1v) is 11.6. The number of nitrogens with one attached hydrogen (secondary N) is 1. The fourth-order valence-corrected chi connectivity index (χ4v) is 3.90. The van der Waals surface area contributed by atoms with Gasteiger partial charge in [0.1, 0.15) is 12.4 Å². The normalized spacial score (nSPS) is 11.6. The third-order valence-corrected chi connectivity index (χ3v) is 6.18. The Bertz CT molecular complexity index is 1260. The number of halogens is 1. The number of ether oxygens (including phenoxy) is 1. The van der Waals surface area contributed by atoms with E-state index >= 15 is 0 Å². The van der Waals surface area contributed by atoms with Crippen molar-refractivity contribution in [2.24, 2.45) is 0 Å². The van der Waals surface area contributed by atoms with Crippen LogP contribution in [0, 0.1) is 13.8 Å². The standard InChI is InChI=1S/C29H27ClN2O2/c1-20-17-24(12-15-27(20)30)29(23-7-4-3-5-8-23)32-28(33)18-22-10-13-26(14-11-22)34-19-25-9-6-16-31-21(25)2/h3-17,29H,18-19H2,1-2H3,(H,32,33). The van der Waals surface area contributed by atoms with E-state index in [-0.39, 0.29) is 18.4 Å². The van der Waals surface area contributed by atoms with E-state index in [0.717, 1.165) is 39.3 Å². The molecule has 1 N–H and O–H groups in total. The van der Waals surface area contributed by atoms with Crippen LogP contribution in [0.1, 0.15) is 39.6 Å². The fraction of sp³-hybridized carbons (Fsp3) is 0.172. The van der Waals surface area contributed by atoms with Crippen molar-refractivity contribution in [3.8, 4) is 5.75 Å². The van der Waals surface area contributed by atoms with Gasteiger partial charge in [-0.05, 0) is 60.4 Å². The molecule has 1 heterocycles. The smallest absolute Gasteiger partial charge is 0.225 e. The van der Waals surface area contributed by atoms with Crippen molar-refractivity contribution in [3.05, 3.63) is 130 Å². The van der Waals surface area contributed by atoms with Crippen LogP contribution in [0.25, 0.3) is 0 Å². The van der Waals surface area contributed by atoms with Gasteiger partial charge in [0.15, 0.2) is 0 Å². The highest BCUT2D eigenvalue weighted by Gasteiger charge is 2.18. The highest BCUT2D eigenvalue weighted by atomic mass is 35.5. The van der Waals surface area contributed by atoms with Gasteiger partial charge in [0, 0.05) is 22.5 Å². The SMILES string of the molecule is Cc1cc(C(NC(=O)Cc2ccc(OCc3cccnc3C)cc2)c2ccccc2)ccc1Cl. The van der Waals surface area contributed by atoms with Crippen LogP contribution in [0.4, 0.5) is 0 Å². The Morgan fingerprint density at radius 1 is 0.941 bits per heavy atom. The Labute approximate surface area is 205 Å². The Morgan fingerprint density at radius 3 is 2.41 bits per heavy atom. The molecule has 0 bridgehead atoms.